The molecule has 0 aliphatic heterocycles. The summed E-state index contributed by atoms with van der Waals surface area (Å²) < 4.78 is 21.6. The summed E-state index contributed by atoms with van der Waals surface area (Å²) in [6.07, 6.45) is 1.88. The Labute approximate surface area is 362 Å². The molecule has 3 N–H and O–H groups in total. The van der Waals surface area contributed by atoms with E-state index in [9.17, 15) is 38.9 Å². The number of aliphatic imine (C=N–C) groups is 3. The first-order chi connectivity index (χ1) is 31.1. The van der Waals surface area contributed by atoms with E-state index >= 15 is 0 Å². The highest BCUT2D eigenvalue weighted by Crippen LogP contribution is 2.33. The fraction of sp³-hybridized carbons (Fsp3) is 0.143. The van der Waals surface area contributed by atoms with Crippen LogP contribution in [0.25, 0.3) is 0 Å². The van der Waals surface area contributed by atoms with Gasteiger partial charge in [-0.1, -0.05) is 18.2 Å². The van der Waals surface area contributed by atoms with Gasteiger partial charge in [-0.15, -0.1) is 5.11 Å². The van der Waals surface area contributed by atoms with E-state index in [-0.39, 0.29) is 73.7 Å². The number of non-ortho nitro benzene ring substituents is 1. The summed E-state index contributed by atoms with van der Waals surface area (Å²) in [5.41, 5.74) is 2.65. The second-order valence-corrected chi connectivity index (χ2v) is 12.5. The van der Waals surface area contributed by atoms with Gasteiger partial charge < -0.3 is 23.8 Å². The van der Waals surface area contributed by atoms with Gasteiger partial charge in [-0.2, -0.15) is 20.1 Å². The minimum Gasteiger partial charge on any atom is -0.487 e. The van der Waals surface area contributed by atoms with Crippen molar-refractivity contribution in [3.05, 3.63) is 125 Å². The molecule has 0 heterocycles. The minimum atomic E-state index is -0.830. The molecule has 324 valence electrons. The molecule has 0 spiro atoms. The summed E-state index contributed by atoms with van der Waals surface area (Å²) >= 11 is 0. The molecule has 5 rings (SSSR count). The van der Waals surface area contributed by atoms with Crippen LogP contribution in [0.3, 0.4) is 0 Å². The number of nitrogens with one attached hydrogen (secondary N) is 3. The number of carbonyl (C=O) groups is 3. The lowest BCUT2D eigenvalue weighted by atomic mass is 10.2. The smallest absolute Gasteiger partial charge is 0.411 e. The van der Waals surface area contributed by atoms with Crippen molar-refractivity contribution in [2.45, 2.75) is 0 Å². The number of nitrogens with zero attached hydrogens (tertiary/aromatic N) is 7. The zero-order valence-electron chi connectivity index (χ0n) is 33.2. The molecular formula is C42H34N10O12. The van der Waals surface area contributed by atoms with E-state index in [1.165, 1.54) is 54.6 Å². The van der Waals surface area contributed by atoms with Crippen LogP contribution in [0.1, 0.15) is 0 Å². The molecular weight excluding hydrogens is 837 g/mol. The number of rotatable bonds is 20. The van der Waals surface area contributed by atoms with Crippen LogP contribution in [-0.2, 0) is 28.6 Å². The summed E-state index contributed by atoms with van der Waals surface area (Å²) in [6.45, 7) is -0.405. The van der Waals surface area contributed by atoms with Crippen molar-refractivity contribution in [1.82, 2.24) is 0 Å². The molecule has 0 unspecified atom stereocenters. The fourth-order valence-electron chi connectivity index (χ4n) is 5.39. The van der Waals surface area contributed by atoms with E-state index in [0.29, 0.717) is 28.4 Å². The van der Waals surface area contributed by atoms with E-state index < -0.39 is 23.2 Å². The maximum Gasteiger partial charge on any atom is 0.411 e. The third kappa shape index (κ3) is 15.0. The number of hydrogen-bond donors (Lipinski definition) is 3. The molecule has 0 aliphatic rings. The number of carbonyl (C=O) groups excluding carboxylic acids is 6. The second-order valence-electron chi connectivity index (χ2n) is 12.5. The van der Waals surface area contributed by atoms with Crippen LogP contribution < -0.4 is 25.6 Å². The van der Waals surface area contributed by atoms with Crippen molar-refractivity contribution in [3.8, 4) is 5.75 Å². The Hall–Kier alpha value is -9.35. The van der Waals surface area contributed by atoms with Gasteiger partial charge in [-0.25, -0.2) is 28.8 Å². The quantitative estimate of drug-likeness (QED) is 0.0125. The number of benzene rings is 5. The molecule has 22 nitrogen and oxygen atoms in total. The predicted octanol–water partition coefficient (Wildman–Crippen LogP) is 8.84. The van der Waals surface area contributed by atoms with Crippen LogP contribution in [0.4, 0.5) is 71.3 Å². The SMILES string of the molecule is O=C=Nc1cccc(NC(=O)OCCOc2cc([N+](=O)[O-])ccc2/N=N/c2ccc(N(CCOC(=O)Nc3cccc(N=C=O)c3)CCOC(=O)Nc3cccc(N=C=O)c3)cc2)c1. The highest BCUT2D eigenvalue weighted by molar-refractivity contribution is 5.86. The average Bonchev–Trinajstić information content (AvgIpc) is 3.27. The normalized spacial score (nSPS) is 10.2. The molecule has 0 fully saturated rings. The number of anilines is 4. The Balaban J connectivity index is 1.21. The lowest BCUT2D eigenvalue weighted by Crippen LogP contribution is -2.33. The number of amides is 3. The Morgan fingerprint density at radius 1 is 0.562 bits per heavy atom. The lowest BCUT2D eigenvalue weighted by molar-refractivity contribution is -0.384. The first-order valence-electron chi connectivity index (χ1n) is 18.7. The molecule has 0 aromatic heterocycles. The predicted molar refractivity (Wildman–Crippen MR) is 229 cm³/mol. The van der Waals surface area contributed by atoms with Crippen LogP contribution in [0, 0.1) is 10.1 Å². The van der Waals surface area contributed by atoms with E-state index in [1.807, 2.05) is 0 Å². The van der Waals surface area contributed by atoms with E-state index in [1.54, 1.807) is 77.7 Å². The van der Waals surface area contributed by atoms with Crippen molar-refractivity contribution in [2.24, 2.45) is 25.2 Å². The Morgan fingerprint density at radius 2 is 1.03 bits per heavy atom. The van der Waals surface area contributed by atoms with Crippen molar-refractivity contribution in [2.75, 3.05) is 60.4 Å². The van der Waals surface area contributed by atoms with Crippen LogP contribution >= 0.6 is 0 Å². The van der Waals surface area contributed by atoms with Gasteiger partial charge in [-0.05, 0) is 84.9 Å². The third-order valence-corrected chi connectivity index (χ3v) is 8.21. The average molecular weight is 871 g/mol. The summed E-state index contributed by atoms with van der Waals surface area (Å²) in [6, 6.07) is 28.8. The van der Waals surface area contributed by atoms with Crippen LogP contribution in [-0.4, -0.2) is 81.0 Å². The highest BCUT2D eigenvalue weighted by atomic mass is 16.6. The van der Waals surface area contributed by atoms with E-state index in [0.717, 1.165) is 6.07 Å². The maximum atomic E-state index is 12.6. The first-order valence-corrected chi connectivity index (χ1v) is 18.7. The number of azo groups is 1. The van der Waals surface area contributed by atoms with Gasteiger partial charge >= 0.3 is 18.3 Å². The number of ether oxygens (including phenoxy) is 4. The Morgan fingerprint density at radius 3 is 1.48 bits per heavy atom. The highest BCUT2D eigenvalue weighted by Gasteiger charge is 2.15. The zero-order valence-corrected chi connectivity index (χ0v) is 33.2. The molecule has 3 amide bonds. The fourth-order valence-corrected chi connectivity index (χ4v) is 5.39. The molecule has 5 aromatic carbocycles. The van der Waals surface area contributed by atoms with Gasteiger partial charge in [0, 0.05) is 28.8 Å². The van der Waals surface area contributed by atoms with E-state index in [2.05, 4.69) is 41.2 Å². The van der Waals surface area contributed by atoms with Crippen molar-refractivity contribution < 1.29 is 52.6 Å². The van der Waals surface area contributed by atoms with Crippen LogP contribution in [0.2, 0.25) is 0 Å². The van der Waals surface area contributed by atoms with Crippen molar-refractivity contribution in [1.29, 1.82) is 0 Å². The van der Waals surface area contributed by atoms with Crippen molar-refractivity contribution in [3.63, 3.8) is 0 Å². The topological polar surface area (TPSA) is 284 Å². The van der Waals surface area contributed by atoms with Gasteiger partial charge in [0.25, 0.3) is 5.69 Å². The number of nitro benzene ring substituents is 1. The van der Waals surface area contributed by atoms with Gasteiger partial charge in [0.2, 0.25) is 18.2 Å². The zero-order chi connectivity index (χ0) is 45.5. The molecule has 5 aromatic rings. The standard InChI is InChI=1S/C42H34N10O12/c53-26-43-30-4-1-7-33(22-30)46-40(56)62-18-16-51(17-19-63-41(57)47-34-8-2-5-31(23-34)44-27-54)36-12-10-29(11-13-36)49-50-38-15-14-37(52(59)60)25-39(38)61-20-21-64-42(58)48-35-9-3-6-32(24-35)45-28-55/h1-15,22-25H,16-21H2,(H,46,56)(H,47,57)(H,48,58)/b50-49+. The lowest BCUT2D eigenvalue weighted by Gasteiger charge is -2.24. The molecule has 22 heteroatoms. The molecule has 64 heavy (non-hydrogen) atoms. The summed E-state index contributed by atoms with van der Waals surface area (Å²) in [5.74, 6) is -0.0124. The second kappa shape index (κ2) is 24.0. The Bertz CT molecular complexity index is 2560. The molecule has 0 radical (unpaired) electrons. The van der Waals surface area contributed by atoms with Crippen LogP contribution in [0.15, 0.2) is 140 Å². The Kier molecular flexibility index (Phi) is 17.2. The van der Waals surface area contributed by atoms with Gasteiger partial charge in [0.1, 0.15) is 32.1 Å². The summed E-state index contributed by atoms with van der Waals surface area (Å²) in [7, 11) is 0. The molecule has 0 saturated heterocycles. The number of hydrogen-bond acceptors (Lipinski definition) is 18. The molecule has 0 aliphatic carbocycles. The van der Waals surface area contributed by atoms with Crippen molar-refractivity contribution >= 4 is 93.4 Å². The van der Waals surface area contributed by atoms with E-state index in [4.69, 9.17) is 18.9 Å². The number of isocyanates is 3. The number of nitro groups is 1. The molecule has 0 saturated carbocycles. The van der Waals surface area contributed by atoms with Crippen LogP contribution in [0.5, 0.6) is 5.75 Å². The first kappa shape index (κ1) is 45.7. The monoisotopic (exact) mass is 870 g/mol. The molecule has 0 bridgehead atoms. The third-order valence-electron chi connectivity index (χ3n) is 8.21. The van der Waals surface area contributed by atoms with Gasteiger partial charge in [0.15, 0.2) is 5.75 Å². The summed E-state index contributed by atoms with van der Waals surface area (Å²) in [4.78, 5) is 92.4. The summed E-state index contributed by atoms with van der Waals surface area (Å²) in [5, 5.41) is 27.5. The minimum absolute atomic E-state index is 0.0124. The molecule has 0 atom stereocenters. The largest absolute Gasteiger partial charge is 0.487 e. The maximum absolute atomic E-state index is 12.6. The van der Waals surface area contributed by atoms with Gasteiger partial charge in [-0.3, -0.25) is 26.1 Å². The van der Waals surface area contributed by atoms with Gasteiger partial charge in [0.05, 0.1) is 46.8 Å².